The molecule has 11 heteroatoms. The lowest BCUT2D eigenvalue weighted by Crippen LogP contribution is -2.43. The molecule has 4 N–H and O–H groups in total. The molecule has 0 spiro atoms. The molecule has 0 aliphatic carbocycles. The fourth-order valence-electron chi connectivity index (χ4n) is 2.48. The highest BCUT2D eigenvalue weighted by Gasteiger charge is 2.17. The van der Waals surface area contributed by atoms with Crippen LogP contribution in [0.5, 0.6) is 0 Å². The van der Waals surface area contributed by atoms with Crippen molar-refractivity contribution in [3.05, 3.63) is 66.4 Å². The van der Waals surface area contributed by atoms with Crippen molar-refractivity contribution in [2.24, 2.45) is 0 Å². The number of carbonyl (C=O) groups is 1. The van der Waals surface area contributed by atoms with Crippen molar-refractivity contribution in [2.75, 3.05) is 19.4 Å². The van der Waals surface area contributed by atoms with Gasteiger partial charge in [-0.25, -0.2) is 12.7 Å². The summed E-state index contributed by atoms with van der Waals surface area (Å²) in [4.78, 5) is 12.4. The van der Waals surface area contributed by atoms with Gasteiger partial charge in [-0.3, -0.25) is 20.7 Å². The van der Waals surface area contributed by atoms with Crippen molar-refractivity contribution < 1.29 is 13.2 Å². The zero-order valence-electron chi connectivity index (χ0n) is 16.2. The first-order valence-electron chi connectivity index (χ1n) is 8.78. The van der Waals surface area contributed by atoms with Crippen LogP contribution in [0.3, 0.4) is 0 Å². The number of aromatic nitrogens is 2. The molecule has 1 aromatic heterocycles. The van der Waals surface area contributed by atoms with Crippen molar-refractivity contribution in [1.82, 2.24) is 25.4 Å². The fourth-order valence-corrected chi connectivity index (χ4v) is 3.60. The molecule has 30 heavy (non-hydrogen) atoms. The minimum absolute atomic E-state index is 0.0885. The average molecular weight is 445 g/mol. The molecule has 1 amide bonds. The minimum Gasteiger partial charge on any atom is -0.331 e. The molecule has 156 valence electrons. The summed E-state index contributed by atoms with van der Waals surface area (Å²) in [6.45, 7) is 0. The molecule has 0 saturated carbocycles. The number of anilines is 1. The topological polar surface area (TPSA) is 119 Å². The molecule has 0 saturated heterocycles. The van der Waals surface area contributed by atoms with Gasteiger partial charge in [-0.05, 0) is 36.5 Å². The number of hydrogen-bond acceptors (Lipinski definition) is 5. The maximum atomic E-state index is 12.3. The fraction of sp³-hybridized carbons (Fsp3) is 0.105. The number of nitrogens with one attached hydrogen (secondary N) is 4. The normalized spacial score (nSPS) is 11.2. The number of nitrogens with zero attached hydrogens (tertiary/aromatic N) is 2. The molecule has 3 rings (SSSR count). The quantitative estimate of drug-likeness (QED) is 0.351. The third kappa shape index (κ3) is 5.00. The highest BCUT2D eigenvalue weighted by atomic mass is 32.2. The first-order valence-corrected chi connectivity index (χ1v) is 10.6. The molecule has 0 unspecified atom stereocenters. The summed E-state index contributed by atoms with van der Waals surface area (Å²) >= 11 is 5.15. The lowest BCUT2D eigenvalue weighted by molar-refractivity contribution is 0.0939. The molecule has 9 nitrogen and oxygen atoms in total. The molecule has 1 heterocycles. The van der Waals surface area contributed by atoms with Gasteiger partial charge in [-0.15, -0.1) is 0 Å². The standard InChI is InChI=1S/C19H20N6O3S2/c1-25(2)30(27,28)15-10-6-9-14(11-15)20-19(29)24-23-18(26)17-12-16(21-22-17)13-7-4-3-5-8-13/h3-12H,1-2H3,(H,21,22)(H,23,26)(H2,20,24,29). The van der Waals surface area contributed by atoms with Crippen LogP contribution < -0.4 is 16.2 Å². The number of aromatic amines is 1. The van der Waals surface area contributed by atoms with Crippen LogP contribution in [-0.4, -0.2) is 48.0 Å². The van der Waals surface area contributed by atoms with Gasteiger partial charge >= 0.3 is 0 Å². The van der Waals surface area contributed by atoms with Crippen molar-refractivity contribution in [3.8, 4) is 11.3 Å². The summed E-state index contributed by atoms with van der Waals surface area (Å²) in [5.74, 6) is -0.460. The van der Waals surface area contributed by atoms with Crippen LogP contribution in [0.2, 0.25) is 0 Å². The number of carbonyl (C=O) groups excluding carboxylic acids is 1. The number of rotatable bonds is 5. The van der Waals surface area contributed by atoms with Crippen molar-refractivity contribution in [1.29, 1.82) is 0 Å². The van der Waals surface area contributed by atoms with Crippen LogP contribution in [0.25, 0.3) is 11.3 Å². The Kier molecular flexibility index (Phi) is 6.45. The molecule has 3 aromatic rings. The van der Waals surface area contributed by atoms with E-state index >= 15 is 0 Å². The van der Waals surface area contributed by atoms with E-state index in [-0.39, 0.29) is 15.7 Å². The first-order chi connectivity index (χ1) is 14.3. The second-order valence-corrected chi connectivity index (χ2v) is 8.94. The molecule has 0 atom stereocenters. The second kappa shape index (κ2) is 9.03. The monoisotopic (exact) mass is 444 g/mol. The van der Waals surface area contributed by atoms with Gasteiger partial charge in [-0.1, -0.05) is 36.4 Å². The number of amides is 1. The highest BCUT2D eigenvalue weighted by Crippen LogP contribution is 2.18. The van der Waals surface area contributed by atoms with E-state index in [1.807, 2.05) is 30.3 Å². The van der Waals surface area contributed by atoms with Crippen molar-refractivity contribution >= 4 is 38.9 Å². The summed E-state index contributed by atoms with van der Waals surface area (Å²) in [6, 6.07) is 17.3. The van der Waals surface area contributed by atoms with Gasteiger partial charge in [0.15, 0.2) is 5.11 Å². The average Bonchev–Trinajstić information content (AvgIpc) is 3.23. The van der Waals surface area contributed by atoms with Gasteiger partial charge in [0.1, 0.15) is 5.69 Å². The maximum absolute atomic E-state index is 12.3. The largest absolute Gasteiger partial charge is 0.331 e. The van der Waals surface area contributed by atoms with Crippen molar-refractivity contribution in [3.63, 3.8) is 0 Å². The van der Waals surface area contributed by atoms with E-state index in [9.17, 15) is 13.2 Å². The SMILES string of the molecule is CN(C)S(=O)(=O)c1cccc(NC(=S)NNC(=O)c2cc(-c3ccccc3)n[nH]2)c1. The van der Waals surface area contributed by atoms with E-state index in [2.05, 4.69) is 26.4 Å². The number of hydrogen-bond donors (Lipinski definition) is 4. The van der Waals surface area contributed by atoms with Gasteiger partial charge < -0.3 is 5.32 Å². The zero-order chi connectivity index (χ0) is 21.7. The lowest BCUT2D eigenvalue weighted by atomic mass is 10.1. The lowest BCUT2D eigenvalue weighted by Gasteiger charge is -2.14. The Labute approximate surface area is 179 Å². The van der Waals surface area contributed by atoms with Gasteiger partial charge in [0.05, 0.1) is 10.6 Å². The zero-order valence-corrected chi connectivity index (χ0v) is 17.8. The van der Waals surface area contributed by atoms with E-state index in [4.69, 9.17) is 12.2 Å². The van der Waals surface area contributed by atoms with Gasteiger partial charge in [0.25, 0.3) is 5.91 Å². The van der Waals surface area contributed by atoms with E-state index in [0.717, 1.165) is 9.87 Å². The Morgan fingerprint density at radius 2 is 1.77 bits per heavy atom. The van der Waals surface area contributed by atoms with Crippen LogP contribution in [0, 0.1) is 0 Å². The van der Waals surface area contributed by atoms with Crippen LogP contribution in [0.1, 0.15) is 10.5 Å². The van der Waals surface area contributed by atoms with Crippen molar-refractivity contribution in [2.45, 2.75) is 4.90 Å². The molecule has 0 aliphatic rings. The summed E-state index contributed by atoms with van der Waals surface area (Å²) in [5.41, 5.74) is 7.26. The Hall–Kier alpha value is -3.28. The minimum atomic E-state index is -3.57. The van der Waals surface area contributed by atoms with E-state index in [0.29, 0.717) is 11.4 Å². The number of thiocarbonyl (C=S) groups is 1. The Balaban J connectivity index is 1.59. The smallest absolute Gasteiger partial charge is 0.287 e. The third-order valence-electron chi connectivity index (χ3n) is 4.05. The molecule has 0 fully saturated rings. The molecular formula is C19H20N6O3S2. The van der Waals surface area contributed by atoms with Crippen LogP contribution >= 0.6 is 12.2 Å². The summed E-state index contributed by atoms with van der Waals surface area (Å²) in [6.07, 6.45) is 0. The van der Waals surface area contributed by atoms with E-state index in [1.54, 1.807) is 18.2 Å². The van der Waals surface area contributed by atoms with Crippen LogP contribution in [0.15, 0.2) is 65.6 Å². The Morgan fingerprint density at radius 1 is 1.03 bits per heavy atom. The maximum Gasteiger partial charge on any atom is 0.287 e. The van der Waals surface area contributed by atoms with Gasteiger partial charge in [0, 0.05) is 25.3 Å². The Bertz CT molecular complexity index is 1160. The number of benzene rings is 2. The number of hydrazine groups is 1. The summed E-state index contributed by atoms with van der Waals surface area (Å²) in [5, 5.41) is 9.72. The predicted octanol–water partition coefficient (Wildman–Crippen LogP) is 1.96. The number of H-pyrrole nitrogens is 1. The Morgan fingerprint density at radius 3 is 2.47 bits per heavy atom. The van der Waals surface area contributed by atoms with Crippen LogP contribution in [0.4, 0.5) is 5.69 Å². The van der Waals surface area contributed by atoms with Gasteiger partial charge in [0.2, 0.25) is 10.0 Å². The van der Waals surface area contributed by atoms with Crippen LogP contribution in [-0.2, 0) is 10.0 Å². The van der Waals surface area contributed by atoms with E-state index in [1.165, 1.54) is 26.2 Å². The summed E-state index contributed by atoms with van der Waals surface area (Å²) < 4.78 is 25.6. The highest BCUT2D eigenvalue weighted by molar-refractivity contribution is 7.89. The van der Waals surface area contributed by atoms with Gasteiger partial charge in [-0.2, -0.15) is 5.10 Å². The summed E-state index contributed by atoms with van der Waals surface area (Å²) in [7, 11) is -0.660. The van der Waals surface area contributed by atoms with E-state index < -0.39 is 15.9 Å². The number of sulfonamides is 1. The molecule has 2 aromatic carbocycles. The molecular weight excluding hydrogens is 424 g/mol. The molecule has 0 bridgehead atoms. The second-order valence-electron chi connectivity index (χ2n) is 6.38. The molecule has 0 aliphatic heterocycles. The predicted molar refractivity (Wildman–Crippen MR) is 118 cm³/mol. The first kappa shape index (κ1) is 21.4. The third-order valence-corrected chi connectivity index (χ3v) is 6.07. The molecule has 0 radical (unpaired) electrons.